The summed E-state index contributed by atoms with van der Waals surface area (Å²) in [5.74, 6) is 2.43. The number of benzene rings is 1. The van der Waals surface area contributed by atoms with Gasteiger partial charge in [0.2, 0.25) is 0 Å². The molecule has 1 aliphatic rings. The Morgan fingerprint density at radius 1 is 1.37 bits per heavy atom. The van der Waals surface area contributed by atoms with Gasteiger partial charge in [-0.25, -0.2) is 4.98 Å². The predicted molar refractivity (Wildman–Crippen MR) is 74.9 cm³/mol. The SMILES string of the molecule is COc1ccccc1-c1cn2c(n1)C(N)CC(C)C2. The van der Waals surface area contributed by atoms with E-state index in [9.17, 15) is 0 Å². The van der Waals surface area contributed by atoms with E-state index >= 15 is 0 Å². The van der Waals surface area contributed by atoms with Crippen LogP contribution in [-0.4, -0.2) is 16.7 Å². The molecule has 4 nitrogen and oxygen atoms in total. The Morgan fingerprint density at radius 3 is 2.95 bits per heavy atom. The molecule has 2 heterocycles. The fraction of sp³-hybridized carbons (Fsp3) is 0.400. The number of fused-ring (bicyclic) bond motifs is 1. The number of aromatic nitrogens is 2. The van der Waals surface area contributed by atoms with Crippen molar-refractivity contribution < 1.29 is 4.74 Å². The molecular weight excluding hydrogens is 238 g/mol. The highest BCUT2D eigenvalue weighted by Gasteiger charge is 2.24. The van der Waals surface area contributed by atoms with Crippen molar-refractivity contribution in [2.24, 2.45) is 11.7 Å². The molecule has 3 rings (SSSR count). The lowest BCUT2D eigenvalue weighted by Gasteiger charge is -2.25. The van der Waals surface area contributed by atoms with Crippen LogP contribution in [0.5, 0.6) is 5.75 Å². The predicted octanol–water partition coefficient (Wildman–Crippen LogP) is 2.60. The Morgan fingerprint density at radius 2 is 2.16 bits per heavy atom. The molecule has 2 atom stereocenters. The van der Waals surface area contributed by atoms with Gasteiger partial charge in [-0.1, -0.05) is 19.1 Å². The summed E-state index contributed by atoms with van der Waals surface area (Å²) >= 11 is 0. The average Bonchev–Trinajstić information content (AvgIpc) is 2.82. The molecule has 0 aliphatic carbocycles. The molecule has 4 heteroatoms. The zero-order valence-electron chi connectivity index (χ0n) is 11.3. The molecule has 2 aromatic rings. The van der Waals surface area contributed by atoms with Crippen molar-refractivity contribution in [2.75, 3.05) is 7.11 Å². The molecular formula is C15H19N3O. The van der Waals surface area contributed by atoms with Gasteiger partial charge < -0.3 is 15.0 Å². The standard InChI is InChI=1S/C15H19N3O/c1-10-7-12(16)15-17-13(9-18(15)8-10)11-5-3-4-6-14(11)19-2/h3-6,9-10,12H,7-8,16H2,1-2H3. The molecule has 0 bridgehead atoms. The molecule has 0 amide bonds. The van der Waals surface area contributed by atoms with Gasteiger partial charge in [0.15, 0.2) is 0 Å². The minimum Gasteiger partial charge on any atom is -0.496 e. The van der Waals surface area contributed by atoms with Crippen molar-refractivity contribution >= 4 is 0 Å². The van der Waals surface area contributed by atoms with E-state index in [2.05, 4.69) is 17.7 Å². The highest BCUT2D eigenvalue weighted by atomic mass is 16.5. The number of nitrogens with two attached hydrogens (primary N) is 1. The van der Waals surface area contributed by atoms with Gasteiger partial charge >= 0.3 is 0 Å². The lowest BCUT2D eigenvalue weighted by molar-refractivity contribution is 0.346. The molecule has 100 valence electrons. The van der Waals surface area contributed by atoms with Crippen molar-refractivity contribution in [1.29, 1.82) is 0 Å². The van der Waals surface area contributed by atoms with Crippen LogP contribution in [0.4, 0.5) is 0 Å². The molecule has 1 aromatic carbocycles. The van der Waals surface area contributed by atoms with Gasteiger partial charge in [0.05, 0.1) is 18.8 Å². The van der Waals surface area contributed by atoms with Crippen LogP contribution in [0.15, 0.2) is 30.5 Å². The molecule has 2 unspecified atom stereocenters. The van der Waals surface area contributed by atoms with E-state index in [4.69, 9.17) is 15.5 Å². The number of rotatable bonds is 2. The van der Waals surface area contributed by atoms with Gasteiger partial charge in [-0.15, -0.1) is 0 Å². The van der Waals surface area contributed by atoms with E-state index in [1.807, 2.05) is 24.3 Å². The zero-order chi connectivity index (χ0) is 13.4. The smallest absolute Gasteiger partial charge is 0.128 e. The van der Waals surface area contributed by atoms with Crippen molar-refractivity contribution in [3.63, 3.8) is 0 Å². The van der Waals surface area contributed by atoms with Crippen molar-refractivity contribution in [2.45, 2.75) is 25.9 Å². The van der Waals surface area contributed by atoms with E-state index in [0.717, 1.165) is 35.8 Å². The number of hydrogen-bond acceptors (Lipinski definition) is 3. The molecule has 2 N–H and O–H groups in total. The van der Waals surface area contributed by atoms with Crippen LogP contribution in [0.25, 0.3) is 11.3 Å². The normalized spacial score (nSPS) is 22.1. The first-order valence-electron chi connectivity index (χ1n) is 6.65. The van der Waals surface area contributed by atoms with Crippen molar-refractivity contribution in [3.8, 4) is 17.0 Å². The Kier molecular flexibility index (Phi) is 3.03. The van der Waals surface area contributed by atoms with Gasteiger partial charge in [-0.05, 0) is 24.5 Å². The Labute approximate surface area is 113 Å². The van der Waals surface area contributed by atoms with Gasteiger partial charge in [-0.2, -0.15) is 0 Å². The van der Waals surface area contributed by atoms with Crippen LogP contribution in [-0.2, 0) is 6.54 Å². The number of hydrogen-bond donors (Lipinski definition) is 1. The quantitative estimate of drug-likeness (QED) is 0.899. The number of nitrogens with zero attached hydrogens (tertiary/aromatic N) is 2. The Hall–Kier alpha value is -1.81. The molecule has 1 aliphatic heterocycles. The van der Waals surface area contributed by atoms with E-state index in [1.54, 1.807) is 7.11 Å². The average molecular weight is 257 g/mol. The Bertz CT molecular complexity index is 591. The number of para-hydroxylation sites is 1. The molecule has 1 aromatic heterocycles. The van der Waals surface area contributed by atoms with E-state index in [1.165, 1.54) is 0 Å². The van der Waals surface area contributed by atoms with Crippen LogP contribution in [0, 0.1) is 5.92 Å². The summed E-state index contributed by atoms with van der Waals surface area (Å²) in [5.41, 5.74) is 8.15. The first kappa shape index (κ1) is 12.2. The second-order valence-corrected chi connectivity index (χ2v) is 5.28. The highest BCUT2D eigenvalue weighted by Crippen LogP contribution is 2.33. The summed E-state index contributed by atoms with van der Waals surface area (Å²) in [7, 11) is 1.68. The maximum absolute atomic E-state index is 6.18. The van der Waals surface area contributed by atoms with E-state index in [0.29, 0.717) is 5.92 Å². The van der Waals surface area contributed by atoms with E-state index in [-0.39, 0.29) is 6.04 Å². The summed E-state index contributed by atoms with van der Waals surface area (Å²) in [6, 6.07) is 7.98. The second kappa shape index (κ2) is 4.70. The molecule has 0 saturated carbocycles. The molecule has 0 fully saturated rings. The van der Waals surface area contributed by atoms with Gasteiger partial charge in [0.25, 0.3) is 0 Å². The zero-order valence-corrected chi connectivity index (χ0v) is 11.3. The maximum Gasteiger partial charge on any atom is 0.128 e. The summed E-state index contributed by atoms with van der Waals surface area (Å²) in [5, 5.41) is 0. The maximum atomic E-state index is 6.18. The van der Waals surface area contributed by atoms with Crippen molar-refractivity contribution in [3.05, 3.63) is 36.3 Å². The van der Waals surface area contributed by atoms with Crippen LogP contribution in [0.2, 0.25) is 0 Å². The fourth-order valence-corrected chi connectivity index (χ4v) is 2.81. The summed E-state index contributed by atoms with van der Waals surface area (Å²) < 4.78 is 7.58. The molecule has 0 saturated heterocycles. The van der Waals surface area contributed by atoms with Crippen LogP contribution >= 0.6 is 0 Å². The van der Waals surface area contributed by atoms with Crippen molar-refractivity contribution in [1.82, 2.24) is 9.55 Å². The first-order valence-corrected chi connectivity index (χ1v) is 6.65. The number of imidazole rings is 1. The number of ether oxygens (including phenoxy) is 1. The third-order valence-electron chi connectivity index (χ3n) is 3.69. The van der Waals surface area contributed by atoms with Gasteiger partial charge in [0.1, 0.15) is 11.6 Å². The summed E-state index contributed by atoms with van der Waals surface area (Å²) in [6.07, 6.45) is 3.09. The minimum atomic E-state index is 0.0345. The summed E-state index contributed by atoms with van der Waals surface area (Å²) in [4.78, 5) is 4.70. The molecule has 19 heavy (non-hydrogen) atoms. The van der Waals surface area contributed by atoms with E-state index < -0.39 is 0 Å². The fourth-order valence-electron chi connectivity index (χ4n) is 2.81. The lowest BCUT2D eigenvalue weighted by atomic mass is 9.98. The topological polar surface area (TPSA) is 53.1 Å². The van der Waals surface area contributed by atoms with Crippen LogP contribution in [0.1, 0.15) is 25.2 Å². The summed E-state index contributed by atoms with van der Waals surface area (Å²) in [6.45, 7) is 3.22. The Balaban J connectivity index is 2.06. The first-order chi connectivity index (χ1) is 9.19. The van der Waals surface area contributed by atoms with Crippen LogP contribution in [0.3, 0.4) is 0 Å². The minimum absolute atomic E-state index is 0.0345. The third-order valence-corrected chi connectivity index (χ3v) is 3.69. The third kappa shape index (κ3) is 2.12. The largest absolute Gasteiger partial charge is 0.496 e. The van der Waals surface area contributed by atoms with Gasteiger partial charge in [0, 0.05) is 18.3 Å². The lowest BCUT2D eigenvalue weighted by Crippen LogP contribution is -2.26. The molecule has 0 spiro atoms. The van der Waals surface area contributed by atoms with Gasteiger partial charge in [-0.3, -0.25) is 0 Å². The molecule has 0 radical (unpaired) electrons. The monoisotopic (exact) mass is 257 g/mol. The second-order valence-electron chi connectivity index (χ2n) is 5.28. The van der Waals surface area contributed by atoms with Crippen LogP contribution < -0.4 is 10.5 Å². The highest BCUT2D eigenvalue weighted by molar-refractivity contribution is 5.66. The number of methoxy groups -OCH3 is 1.